The van der Waals surface area contributed by atoms with Gasteiger partial charge in [0.2, 0.25) is 0 Å². The van der Waals surface area contributed by atoms with E-state index in [2.05, 4.69) is 0 Å². The Bertz CT molecular complexity index is 350. The van der Waals surface area contributed by atoms with Crippen LogP contribution in [0.25, 0.3) is 0 Å². The molecule has 1 amide bonds. The Morgan fingerprint density at radius 2 is 2.15 bits per heavy atom. The zero-order valence-corrected chi connectivity index (χ0v) is 8.18. The highest BCUT2D eigenvalue weighted by Gasteiger charge is 2.13. The summed E-state index contributed by atoms with van der Waals surface area (Å²) in [5.74, 6) is -0.201. The smallest absolute Gasteiger partial charge is 0.252 e. The van der Waals surface area contributed by atoms with E-state index in [-0.39, 0.29) is 0 Å². The maximum atomic E-state index is 10.9. The molecule has 0 saturated carbocycles. The number of aryl methyl sites for hydroxylation is 1. The number of halogens is 1. The van der Waals surface area contributed by atoms with Gasteiger partial charge in [0.05, 0.1) is 17.7 Å². The Morgan fingerprint density at radius 3 is 2.62 bits per heavy atom. The van der Waals surface area contributed by atoms with E-state index < -0.39 is 5.91 Å². The van der Waals surface area contributed by atoms with Crippen LogP contribution in [0.2, 0.25) is 5.02 Å². The van der Waals surface area contributed by atoms with E-state index in [9.17, 15) is 4.79 Å². The first-order valence-electron chi connectivity index (χ1n) is 3.70. The van der Waals surface area contributed by atoms with Crippen LogP contribution in [0.1, 0.15) is 15.9 Å². The molecule has 0 aromatic heterocycles. The average Bonchev–Trinajstić information content (AvgIpc) is 2.09. The van der Waals surface area contributed by atoms with Gasteiger partial charge < -0.3 is 10.5 Å². The van der Waals surface area contributed by atoms with Gasteiger partial charge in [-0.05, 0) is 18.6 Å². The van der Waals surface area contributed by atoms with E-state index in [1.165, 1.54) is 7.11 Å². The lowest BCUT2D eigenvalue weighted by Gasteiger charge is -2.08. The first kappa shape index (κ1) is 9.86. The second-order valence-electron chi connectivity index (χ2n) is 2.64. The molecule has 1 aromatic carbocycles. The number of hydrogen-bond donors (Lipinski definition) is 1. The minimum absolute atomic E-state index is 0.304. The number of nitrogens with two attached hydrogens (primary N) is 1. The summed E-state index contributed by atoms with van der Waals surface area (Å²) in [5.41, 5.74) is 6.29. The molecular weight excluding hydrogens is 190 g/mol. The third-order valence-electron chi connectivity index (χ3n) is 1.76. The highest BCUT2D eigenvalue weighted by molar-refractivity contribution is 6.33. The van der Waals surface area contributed by atoms with E-state index in [1.54, 1.807) is 12.1 Å². The molecule has 1 rings (SSSR count). The minimum Gasteiger partial charge on any atom is -0.494 e. The van der Waals surface area contributed by atoms with Gasteiger partial charge in [0.15, 0.2) is 0 Å². The summed E-state index contributed by atoms with van der Waals surface area (Å²) in [6.45, 7) is 1.83. The van der Waals surface area contributed by atoms with Crippen molar-refractivity contribution in [3.8, 4) is 5.75 Å². The van der Waals surface area contributed by atoms with Crippen LogP contribution in [0.4, 0.5) is 0 Å². The molecular formula is C9H10ClNO2. The van der Waals surface area contributed by atoms with E-state index in [0.717, 1.165) is 5.56 Å². The third-order valence-corrected chi connectivity index (χ3v) is 2.23. The van der Waals surface area contributed by atoms with Crippen molar-refractivity contribution in [3.05, 3.63) is 28.3 Å². The van der Waals surface area contributed by atoms with Gasteiger partial charge in [-0.3, -0.25) is 4.79 Å². The number of carbonyl (C=O) groups is 1. The van der Waals surface area contributed by atoms with E-state index in [0.29, 0.717) is 16.3 Å². The van der Waals surface area contributed by atoms with Crippen molar-refractivity contribution in [2.24, 2.45) is 5.73 Å². The standard InChI is InChI=1S/C9H10ClNO2/c1-5-3-4-6(9(11)12)8(13-2)7(5)10/h3-4H,1-2H3,(H2,11,12). The van der Waals surface area contributed by atoms with Crippen LogP contribution in [0, 0.1) is 6.92 Å². The molecule has 0 radical (unpaired) electrons. The first-order chi connectivity index (χ1) is 6.07. The summed E-state index contributed by atoms with van der Waals surface area (Å²) in [6.07, 6.45) is 0. The molecule has 0 fully saturated rings. The summed E-state index contributed by atoms with van der Waals surface area (Å²) < 4.78 is 4.99. The highest BCUT2D eigenvalue weighted by atomic mass is 35.5. The fraction of sp³-hybridized carbons (Fsp3) is 0.222. The zero-order chi connectivity index (χ0) is 10.0. The zero-order valence-electron chi connectivity index (χ0n) is 7.43. The second-order valence-corrected chi connectivity index (χ2v) is 3.02. The van der Waals surface area contributed by atoms with Crippen molar-refractivity contribution in [2.45, 2.75) is 6.92 Å². The van der Waals surface area contributed by atoms with E-state index >= 15 is 0 Å². The lowest BCUT2D eigenvalue weighted by molar-refractivity contribution is 0.0997. The molecule has 1 aromatic rings. The highest BCUT2D eigenvalue weighted by Crippen LogP contribution is 2.31. The summed E-state index contributed by atoms with van der Waals surface area (Å²) in [6, 6.07) is 3.33. The maximum absolute atomic E-state index is 10.9. The van der Waals surface area contributed by atoms with Crippen LogP contribution in [0.5, 0.6) is 5.75 Å². The van der Waals surface area contributed by atoms with E-state index in [4.69, 9.17) is 22.1 Å². The maximum Gasteiger partial charge on any atom is 0.252 e. The number of carbonyl (C=O) groups excluding carboxylic acids is 1. The lowest BCUT2D eigenvalue weighted by Crippen LogP contribution is -2.12. The average molecular weight is 200 g/mol. The van der Waals surface area contributed by atoms with Crippen molar-refractivity contribution in [1.29, 1.82) is 0 Å². The lowest BCUT2D eigenvalue weighted by atomic mass is 10.1. The van der Waals surface area contributed by atoms with Crippen molar-refractivity contribution in [1.82, 2.24) is 0 Å². The van der Waals surface area contributed by atoms with Gasteiger partial charge in [0, 0.05) is 0 Å². The van der Waals surface area contributed by atoms with Crippen molar-refractivity contribution < 1.29 is 9.53 Å². The number of hydrogen-bond acceptors (Lipinski definition) is 2. The predicted octanol–water partition coefficient (Wildman–Crippen LogP) is 1.76. The number of primary amides is 1. The molecule has 0 aliphatic rings. The van der Waals surface area contributed by atoms with Crippen LogP contribution in [0.3, 0.4) is 0 Å². The first-order valence-corrected chi connectivity index (χ1v) is 4.08. The Balaban J connectivity index is 3.38. The van der Waals surface area contributed by atoms with Gasteiger partial charge in [-0.1, -0.05) is 17.7 Å². The Hall–Kier alpha value is -1.22. The summed E-state index contributed by atoms with van der Waals surface area (Å²) in [7, 11) is 1.45. The molecule has 4 heteroatoms. The number of benzene rings is 1. The Labute approximate surface area is 81.4 Å². The fourth-order valence-electron chi connectivity index (χ4n) is 1.05. The molecule has 70 valence electrons. The molecule has 0 unspecified atom stereocenters. The second kappa shape index (κ2) is 3.66. The van der Waals surface area contributed by atoms with E-state index in [1.807, 2.05) is 6.92 Å². The number of amides is 1. The van der Waals surface area contributed by atoms with Crippen LogP contribution >= 0.6 is 11.6 Å². The van der Waals surface area contributed by atoms with Crippen molar-refractivity contribution in [3.63, 3.8) is 0 Å². The fourth-order valence-corrected chi connectivity index (χ4v) is 1.29. The van der Waals surface area contributed by atoms with Gasteiger partial charge in [0.25, 0.3) is 5.91 Å². The molecule has 0 aliphatic carbocycles. The molecule has 0 bridgehead atoms. The van der Waals surface area contributed by atoms with Crippen LogP contribution in [-0.2, 0) is 0 Å². The monoisotopic (exact) mass is 199 g/mol. The van der Waals surface area contributed by atoms with Gasteiger partial charge in [-0.15, -0.1) is 0 Å². The van der Waals surface area contributed by atoms with Gasteiger partial charge in [-0.25, -0.2) is 0 Å². The topological polar surface area (TPSA) is 52.3 Å². The van der Waals surface area contributed by atoms with Crippen LogP contribution in [-0.4, -0.2) is 13.0 Å². The summed E-state index contributed by atoms with van der Waals surface area (Å²) >= 11 is 5.91. The van der Waals surface area contributed by atoms with Gasteiger partial charge >= 0.3 is 0 Å². The number of methoxy groups -OCH3 is 1. The molecule has 13 heavy (non-hydrogen) atoms. The minimum atomic E-state index is -0.543. The van der Waals surface area contributed by atoms with Crippen molar-refractivity contribution >= 4 is 17.5 Å². The molecule has 2 N–H and O–H groups in total. The Kier molecular flexibility index (Phi) is 2.78. The Morgan fingerprint density at radius 1 is 1.54 bits per heavy atom. The quantitative estimate of drug-likeness (QED) is 0.789. The predicted molar refractivity (Wildman–Crippen MR) is 51.3 cm³/mol. The SMILES string of the molecule is COc1c(C(N)=O)ccc(C)c1Cl. The molecule has 0 saturated heterocycles. The number of ether oxygens (including phenoxy) is 1. The van der Waals surface area contributed by atoms with Crippen molar-refractivity contribution in [2.75, 3.05) is 7.11 Å². The molecule has 0 aliphatic heterocycles. The van der Waals surface area contributed by atoms with Crippen LogP contribution in [0.15, 0.2) is 12.1 Å². The molecule has 0 spiro atoms. The molecule has 3 nitrogen and oxygen atoms in total. The summed E-state index contributed by atoms with van der Waals surface area (Å²) in [5, 5.41) is 0.429. The van der Waals surface area contributed by atoms with Crippen LogP contribution < -0.4 is 10.5 Å². The summed E-state index contributed by atoms with van der Waals surface area (Å²) in [4.78, 5) is 10.9. The normalized spacial score (nSPS) is 9.77. The molecule has 0 atom stereocenters. The third kappa shape index (κ3) is 1.75. The number of rotatable bonds is 2. The molecule has 0 heterocycles. The van der Waals surface area contributed by atoms with Gasteiger partial charge in [0.1, 0.15) is 5.75 Å². The van der Waals surface area contributed by atoms with Gasteiger partial charge in [-0.2, -0.15) is 0 Å². The largest absolute Gasteiger partial charge is 0.494 e.